The van der Waals surface area contributed by atoms with Crippen LogP contribution in [0, 0.1) is 0 Å². The van der Waals surface area contributed by atoms with E-state index < -0.39 is 12.0 Å². The number of amides is 2. The first-order valence-corrected chi connectivity index (χ1v) is 6.94. The van der Waals surface area contributed by atoms with E-state index in [9.17, 15) is 9.59 Å². The minimum Gasteiger partial charge on any atom is -0.465 e. The fourth-order valence-electron chi connectivity index (χ4n) is 1.85. The number of ether oxygens (including phenoxy) is 1. The second-order valence-corrected chi connectivity index (χ2v) is 4.91. The Morgan fingerprint density at radius 1 is 1.14 bits per heavy atom. The standard InChI is InChI=1S/C16H15ClN2O3/c1-22-15(20)13-8-7-12(17)9-14(13)19-16(21)18-10-11-5-3-2-4-6-11/h2-9H,10H2,1H3,(H2,18,19,21). The van der Waals surface area contributed by atoms with Gasteiger partial charge in [0.05, 0.1) is 18.4 Å². The normalized spacial score (nSPS) is 9.91. The zero-order valence-corrected chi connectivity index (χ0v) is 12.7. The highest BCUT2D eigenvalue weighted by Crippen LogP contribution is 2.21. The average Bonchev–Trinajstić information content (AvgIpc) is 2.53. The topological polar surface area (TPSA) is 67.4 Å². The molecule has 0 radical (unpaired) electrons. The molecule has 114 valence electrons. The lowest BCUT2D eigenvalue weighted by molar-refractivity contribution is 0.0602. The Morgan fingerprint density at radius 2 is 1.86 bits per heavy atom. The first-order chi connectivity index (χ1) is 10.6. The third-order valence-electron chi connectivity index (χ3n) is 2.93. The number of anilines is 1. The molecule has 22 heavy (non-hydrogen) atoms. The molecule has 0 atom stereocenters. The summed E-state index contributed by atoms with van der Waals surface area (Å²) in [5.41, 5.74) is 1.50. The van der Waals surface area contributed by atoms with Crippen LogP contribution in [0.4, 0.5) is 10.5 Å². The molecule has 2 N–H and O–H groups in total. The molecule has 2 aromatic carbocycles. The van der Waals surface area contributed by atoms with E-state index in [4.69, 9.17) is 11.6 Å². The number of nitrogens with one attached hydrogen (secondary N) is 2. The van der Waals surface area contributed by atoms with Gasteiger partial charge < -0.3 is 15.4 Å². The van der Waals surface area contributed by atoms with Crippen LogP contribution in [-0.4, -0.2) is 19.1 Å². The third-order valence-corrected chi connectivity index (χ3v) is 3.17. The second kappa shape index (κ2) is 7.47. The molecule has 0 aliphatic carbocycles. The number of carbonyl (C=O) groups is 2. The SMILES string of the molecule is COC(=O)c1ccc(Cl)cc1NC(=O)NCc1ccccc1. The molecule has 2 rings (SSSR count). The molecule has 0 aliphatic heterocycles. The maximum atomic E-state index is 11.9. The summed E-state index contributed by atoms with van der Waals surface area (Å²) in [7, 11) is 1.27. The molecule has 0 unspecified atom stereocenters. The van der Waals surface area contributed by atoms with Crippen LogP contribution < -0.4 is 10.6 Å². The van der Waals surface area contributed by atoms with Gasteiger partial charge in [0.25, 0.3) is 0 Å². The monoisotopic (exact) mass is 318 g/mol. The highest BCUT2D eigenvalue weighted by Gasteiger charge is 2.14. The van der Waals surface area contributed by atoms with Crippen molar-refractivity contribution < 1.29 is 14.3 Å². The van der Waals surface area contributed by atoms with Crippen LogP contribution in [0.1, 0.15) is 15.9 Å². The Labute approximate surface area is 133 Å². The van der Waals surface area contributed by atoms with Crippen molar-refractivity contribution >= 4 is 29.3 Å². The predicted molar refractivity (Wildman–Crippen MR) is 85.1 cm³/mol. The molecule has 2 aromatic rings. The minimum atomic E-state index is -0.546. The largest absolute Gasteiger partial charge is 0.465 e. The zero-order chi connectivity index (χ0) is 15.9. The van der Waals surface area contributed by atoms with Gasteiger partial charge in [-0.05, 0) is 23.8 Å². The molecule has 6 heteroatoms. The third kappa shape index (κ3) is 4.23. The van der Waals surface area contributed by atoms with Gasteiger partial charge in [-0.2, -0.15) is 0 Å². The maximum absolute atomic E-state index is 11.9. The van der Waals surface area contributed by atoms with Gasteiger partial charge in [0, 0.05) is 11.6 Å². The Kier molecular flexibility index (Phi) is 5.38. The number of carbonyl (C=O) groups excluding carboxylic acids is 2. The summed E-state index contributed by atoms with van der Waals surface area (Å²) < 4.78 is 4.67. The van der Waals surface area contributed by atoms with Gasteiger partial charge in [-0.15, -0.1) is 0 Å². The lowest BCUT2D eigenvalue weighted by Gasteiger charge is -2.11. The molecule has 0 spiro atoms. The molecule has 0 aliphatic rings. The van der Waals surface area contributed by atoms with E-state index in [2.05, 4.69) is 15.4 Å². The quantitative estimate of drug-likeness (QED) is 0.848. The van der Waals surface area contributed by atoms with Crippen LogP contribution in [0.15, 0.2) is 48.5 Å². The maximum Gasteiger partial charge on any atom is 0.339 e. The van der Waals surface area contributed by atoms with Crippen molar-refractivity contribution in [3.05, 3.63) is 64.7 Å². The van der Waals surface area contributed by atoms with Gasteiger partial charge in [-0.25, -0.2) is 9.59 Å². The van der Waals surface area contributed by atoms with Gasteiger partial charge >= 0.3 is 12.0 Å². The molecule has 0 saturated carbocycles. The van der Waals surface area contributed by atoms with Crippen LogP contribution in [0.5, 0.6) is 0 Å². The van der Waals surface area contributed by atoms with Crippen molar-refractivity contribution in [2.24, 2.45) is 0 Å². The van der Waals surface area contributed by atoms with Crippen LogP contribution in [0.3, 0.4) is 0 Å². The Balaban J connectivity index is 2.04. The minimum absolute atomic E-state index is 0.238. The molecule has 5 nitrogen and oxygen atoms in total. The van der Waals surface area contributed by atoms with E-state index in [-0.39, 0.29) is 5.56 Å². The van der Waals surface area contributed by atoms with E-state index in [0.717, 1.165) is 5.56 Å². The Morgan fingerprint density at radius 3 is 2.55 bits per heavy atom. The summed E-state index contributed by atoms with van der Waals surface area (Å²) in [5.74, 6) is -0.546. The van der Waals surface area contributed by atoms with Crippen molar-refractivity contribution in [1.29, 1.82) is 0 Å². The van der Waals surface area contributed by atoms with Crippen molar-refractivity contribution in [3.8, 4) is 0 Å². The van der Waals surface area contributed by atoms with E-state index >= 15 is 0 Å². The number of benzene rings is 2. The van der Waals surface area contributed by atoms with Gasteiger partial charge in [-0.3, -0.25) is 0 Å². The van der Waals surface area contributed by atoms with Gasteiger partial charge in [0.1, 0.15) is 0 Å². The van der Waals surface area contributed by atoms with Crippen molar-refractivity contribution in [2.45, 2.75) is 6.54 Å². The van der Waals surface area contributed by atoms with Crippen molar-refractivity contribution in [2.75, 3.05) is 12.4 Å². The molecule has 0 bridgehead atoms. The Bertz CT molecular complexity index is 674. The lowest BCUT2D eigenvalue weighted by atomic mass is 10.2. The van der Waals surface area contributed by atoms with Crippen LogP contribution >= 0.6 is 11.6 Å². The number of rotatable bonds is 4. The number of methoxy groups -OCH3 is 1. The van der Waals surface area contributed by atoms with Gasteiger partial charge in [-0.1, -0.05) is 41.9 Å². The first-order valence-electron chi connectivity index (χ1n) is 6.57. The summed E-state index contributed by atoms with van der Waals surface area (Å²) in [6.45, 7) is 0.376. The molecular weight excluding hydrogens is 304 g/mol. The smallest absolute Gasteiger partial charge is 0.339 e. The van der Waals surface area contributed by atoms with Crippen LogP contribution in [-0.2, 0) is 11.3 Å². The summed E-state index contributed by atoms with van der Waals surface area (Å²) in [5, 5.41) is 5.72. The summed E-state index contributed by atoms with van der Waals surface area (Å²) in [6, 6.07) is 13.6. The lowest BCUT2D eigenvalue weighted by Crippen LogP contribution is -2.29. The van der Waals surface area contributed by atoms with E-state index in [1.807, 2.05) is 30.3 Å². The van der Waals surface area contributed by atoms with E-state index in [0.29, 0.717) is 17.3 Å². The molecule has 0 aromatic heterocycles. The van der Waals surface area contributed by atoms with E-state index in [1.54, 1.807) is 6.07 Å². The number of esters is 1. The fraction of sp³-hybridized carbons (Fsp3) is 0.125. The zero-order valence-electron chi connectivity index (χ0n) is 11.9. The molecule has 2 amide bonds. The summed E-state index contributed by atoms with van der Waals surface area (Å²) in [4.78, 5) is 23.6. The van der Waals surface area contributed by atoms with Crippen LogP contribution in [0.2, 0.25) is 5.02 Å². The fourth-order valence-corrected chi connectivity index (χ4v) is 2.02. The summed E-state index contributed by atoms with van der Waals surface area (Å²) >= 11 is 5.90. The van der Waals surface area contributed by atoms with Gasteiger partial charge in [0.15, 0.2) is 0 Å². The molecule has 0 heterocycles. The van der Waals surface area contributed by atoms with E-state index in [1.165, 1.54) is 19.2 Å². The number of hydrogen-bond acceptors (Lipinski definition) is 3. The highest BCUT2D eigenvalue weighted by molar-refractivity contribution is 6.31. The number of halogens is 1. The average molecular weight is 319 g/mol. The molecular formula is C16H15ClN2O3. The first kappa shape index (κ1) is 15.9. The Hall–Kier alpha value is -2.53. The highest BCUT2D eigenvalue weighted by atomic mass is 35.5. The number of urea groups is 1. The number of hydrogen-bond donors (Lipinski definition) is 2. The van der Waals surface area contributed by atoms with Gasteiger partial charge in [0.2, 0.25) is 0 Å². The van der Waals surface area contributed by atoms with Crippen molar-refractivity contribution in [3.63, 3.8) is 0 Å². The molecule has 0 fully saturated rings. The molecule has 0 saturated heterocycles. The summed E-state index contributed by atoms with van der Waals surface area (Å²) in [6.07, 6.45) is 0. The predicted octanol–water partition coefficient (Wildman–Crippen LogP) is 3.45. The van der Waals surface area contributed by atoms with Crippen molar-refractivity contribution in [1.82, 2.24) is 5.32 Å². The second-order valence-electron chi connectivity index (χ2n) is 4.47. The van der Waals surface area contributed by atoms with Crippen LogP contribution in [0.25, 0.3) is 0 Å².